The lowest BCUT2D eigenvalue weighted by Gasteiger charge is -2.10. The molecule has 1 N–H and O–H groups in total. The smallest absolute Gasteiger partial charge is 0.260 e. The highest BCUT2D eigenvalue weighted by molar-refractivity contribution is 9.11. The summed E-state index contributed by atoms with van der Waals surface area (Å²) in [6.07, 6.45) is 1.29. The van der Waals surface area contributed by atoms with Crippen LogP contribution in [-0.2, 0) is 0 Å². The molecule has 1 amide bonds. The van der Waals surface area contributed by atoms with Crippen molar-refractivity contribution in [3.05, 3.63) is 55.4 Å². The van der Waals surface area contributed by atoms with Crippen molar-refractivity contribution >= 4 is 59.4 Å². The van der Waals surface area contributed by atoms with E-state index in [1.165, 1.54) is 18.3 Å². The summed E-state index contributed by atoms with van der Waals surface area (Å²) < 4.78 is 15.6. The average molecular weight is 453 g/mol. The third-order valence-electron chi connectivity index (χ3n) is 2.25. The lowest BCUT2D eigenvalue weighted by molar-refractivity contribution is 0.102. The molecule has 0 saturated heterocycles. The molecular weight excluding hydrogens is 447 g/mol. The summed E-state index contributed by atoms with van der Waals surface area (Å²) >= 11 is 9.99. The van der Waals surface area contributed by atoms with Crippen molar-refractivity contribution in [3.63, 3.8) is 0 Å². The van der Waals surface area contributed by atoms with Crippen LogP contribution >= 0.6 is 47.8 Å². The summed E-state index contributed by atoms with van der Waals surface area (Å²) in [5.41, 5.74) is 0.417. The molecule has 7 heteroatoms. The second-order valence-electron chi connectivity index (χ2n) is 3.54. The highest BCUT2D eigenvalue weighted by Crippen LogP contribution is 2.34. The molecule has 19 heavy (non-hydrogen) atoms. The SMILES string of the molecule is O=C(Nc1c(Br)cc(Br)cc1Br)c1cccnc1F. The highest BCUT2D eigenvalue weighted by atomic mass is 79.9. The Morgan fingerprint density at radius 3 is 2.42 bits per heavy atom. The minimum Gasteiger partial charge on any atom is -0.320 e. The molecule has 0 aliphatic carbocycles. The van der Waals surface area contributed by atoms with Gasteiger partial charge in [0.15, 0.2) is 0 Å². The number of carbonyl (C=O) groups excluding carboxylic acids is 1. The molecule has 0 unspecified atom stereocenters. The van der Waals surface area contributed by atoms with Gasteiger partial charge in [-0.2, -0.15) is 4.39 Å². The van der Waals surface area contributed by atoms with E-state index in [1.807, 2.05) is 0 Å². The predicted molar refractivity (Wildman–Crippen MR) is 81.7 cm³/mol. The van der Waals surface area contributed by atoms with Gasteiger partial charge in [0.05, 0.1) is 11.3 Å². The van der Waals surface area contributed by atoms with E-state index in [1.54, 1.807) is 12.1 Å². The van der Waals surface area contributed by atoms with Crippen molar-refractivity contribution in [2.45, 2.75) is 0 Å². The number of nitrogens with zero attached hydrogens (tertiary/aromatic N) is 1. The summed E-state index contributed by atoms with van der Waals surface area (Å²) in [6, 6.07) is 6.43. The topological polar surface area (TPSA) is 42.0 Å². The van der Waals surface area contributed by atoms with E-state index in [9.17, 15) is 9.18 Å². The van der Waals surface area contributed by atoms with Crippen LogP contribution in [0, 0.1) is 5.95 Å². The van der Waals surface area contributed by atoms with Crippen molar-refractivity contribution in [2.75, 3.05) is 5.32 Å². The minimum absolute atomic E-state index is 0.107. The minimum atomic E-state index is -0.802. The van der Waals surface area contributed by atoms with Gasteiger partial charge in [0, 0.05) is 19.6 Å². The van der Waals surface area contributed by atoms with Gasteiger partial charge in [-0.1, -0.05) is 15.9 Å². The summed E-state index contributed by atoms with van der Waals surface area (Å²) in [5.74, 6) is -1.36. The Balaban J connectivity index is 2.32. The maximum absolute atomic E-state index is 13.4. The maximum Gasteiger partial charge on any atom is 0.260 e. The summed E-state index contributed by atoms with van der Waals surface area (Å²) in [7, 11) is 0. The zero-order valence-corrected chi connectivity index (χ0v) is 14.0. The molecule has 0 radical (unpaired) electrons. The molecule has 98 valence electrons. The van der Waals surface area contributed by atoms with Gasteiger partial charge < -0.3 is 5.32 Å². The molecule has 1 heterocycles. The number of anilines is 1. The normalized spacial score (nSPS) is 10.3. The van der Waals surface area contributed by atoms with Crippen molar-refractivity contribution in [1.82, 2.24) is 4.98 Å². The molecule has 0 aliphatic rings. The monoisotopic (exact) mass is 450 g/mol. The van der Waals surface area contributed by atoms with Crippen LogP contribution in [0.25, 0.3) is 0 Å². The maximum atomic E-state index is 13.4. The molecule has 2 aromatic rings. The fourth-order valence-electron chi connectivity index (χ4n) is 1.40. The number of pyridine rings is 1. The number of aromatic nitrogens is 1. The van der Waals surface area contributed by atoms with Gasteiger partial charge in [0.1, 0.15) is 0 Å². The molecule has 3 nitrogen and oxygen atoms in total. The standard InChI is InChI=1S/C12H6Br3FN2O/c13-6-4-8(14)10(9(15)5-6)18-12(19)7-2-1-3-17-11(7)16/h1-5H,(H,18,19). The van der Waals surface area contributed by atoms with Gasteiger partial charge >= 0.3 is 0 Å². The molecule has 0 aliphatic heterocycles. The molecule has 0 bridgehead atoms. The summed E-state index contributed by atoms with van der Waals surface area (Å²) in [4.78, 5) is 15.4. The Hall–Kier alpha value is -0.790. The number of amides is 1. The zero-order chi connectivity index (χ0) is 14.0. The second-order valence-corrected chi connectivity index (χ2v) is 6.16. The van der Waals surface area contributed by atoms with E-state index in [0.29, 0.717) is 14.6 Å². The summed E-state index contributed by atoms with van der Waals surface area (Å²) in [5, 5.41) is 2.63. The first-order chi connectivity index (χ1) is 8.99. The van der Waals surface area contributed by atoms with Crippen molar-refractivity contribution in [2.24, 2.45) is 0 Å². The Kier molecular flexibility index (Phi) is 4.70. The first-order valence-corrected chi connectivity index (χ1v) is 7.43. The highest BCUT2D eigenvalue weighted by Gasteiger charge is 2.15. The molecule has 0 atom stereocenters. The number of hydrogen-bond donors (Lipinski definition) is 1. The van der Waals surface area contributed by atoms with E-state index in [-0.39, 0.29) is 5.56 Å². The van der Waals surface area contributed by atoms with Crippen LogP contribution in [0.15, 0.2) is 43.9 Å². The Labute approximate surface area is 134 Å². The van der Waals surface area contributed by atoms with Gasteiger partial charge in [-0.05, 0) is 56.1 Å². The van der Waals surface area contributed by atoms with Crippen LogP contribution in [-0.4, -0.2) is 10.9 Å². The Morgan fingerprint density at radius 2 is 1.84 bits per heavy atom. The zero-order valence-electron chi connectivity index (χ0n) is 9.25. The largest absolute Gasteiger partial charge is 0.320 e. The summed E-state index contributed by atoms with van der Waals surface area (Å²) in [6.45, 7) is 0. The van der Waals surface area contributed by atoms with Gasteiger partial charge in [-0.25, -0.2) is 4.98 Å². The number of benzene rings is 1. The van der Waals surface area contributed by atoms with Crippen LogP contribution < -0.4 is 5.32 Å². The molecule has 1 aromatic carbocycles. The van der Waals surface area contributed by atoms with Crippen LogP contribution in [0.2, 0.25) is 0 Å². The predicted octanol–water partition coefficient (Wildman–Crippen LogP) is 4.76. The van der Waals surface area contributed by atoms with E-state index < -0.39 is 11.9 Å². The molecular formula is C12H6Br3FN2O. The van der Waals surface area contributed by atoms with Crippen molar-refractivity contribution in [1.29, 1.82) is 0 Å². The van der Waals surface area contributed by atoms with E-state index in [4.69, 9.17) is 0 Å². The van der Waals surface area contributed by atoms with Crippen LogP contribution in [0.3, 0.4) is 0 Å². The van der Waals surface area contributed by atoms with E-state index in [0.717, 1.165) is 4.47 Å². The first-order valence-electron chi connectivity index (χ1n) is 5.05. The average Bonchev–Trinajstić information content (AvgIpc) is 2.34. The number of rotatable bonds is 2. The van der Waals surface area contributed by atoms with Crippen LogP contribution in [0.1, 0.15) is 10.4 Å². The number of hydrogen-bond acceptors (Lipinski definition) is 2. The van der Waals surface area contributed by atoms with Gasteiger partial charge in [0.25, 0.3) is 5.91 Å². The quantitative estimate of drug-likeness (QED) is 0.667. The molecule has 2 rings (SSSR count). The van der Waals surface area contributed by atoms with E-state index in [2.05, 4.69) is 58.1 Å². The fourth-order valence-corrected chi connectivity index (χ4v) is 3.85. The number of halogens is 4. The van der Waals surface area contributed by atoms with Gasteiger partial charge in [0.2, 0.25) is 5.95 Å². The second kappa shape index (κ2) is 6.11. The number of nitrogens with one attached hydrogen (secondary N) is 1. The van der Waals surface area contributed by atoms with Gasteiger partial charge in [-0.3, -0.25) is 4.79 Å². The Bertz CT molecular complexity index is 626. The van der Waals surface area contributed by atoms with Gasteiger partial charge in [-0.15, -0.1) is 0 Å². The number of carbonyl (C=O) groups is 1. The van der Waals surface area contributed by atoms with Crippen LogP contribution in [0.4, 0.5) is 10.1 Å². The van der Waals surface area contributed by atoms with Crippen LogP contribution in [0.5, 0.6) is 0 Å². The van der Waals surface area contributed by atoms with E-state index >= 15 is 0 Å². The molecule has 1 aromatic heterocycles. The third-order valence-corrected chi connectivity index (χ3v) is 3.96. The first kappa shape index (κ1) is 14.6. The lowest BCUT2D eigenvalue weighted by atomic mass is 10.2. The Morgan fingerprint density at radius 1 is 1.21 bits per heavy atom. The molecule has 0 saturated carbocycles. The third kappa shape index (κ3) is 3.40. The van der Waals surface area contributed by atoms with Crippen molar-refractivity contribution < 1.29 is 9.18 Å². The molecule has 0 spiro atoms. The lowest BCUT2D eigenvalue weighted by Crippen LogP contribution is -2.15. The van der Waals surface area contributed by atoms with Crippen molar-refractivity contribution in [3.8, 4) is 0 Å². The molecule has 0 fully saturated rings. The fraction of sp³-hybridized carbons (Fsp3) is 0.